The van der Waals surface area contributed by atoms with E-state index >= 15 is 0 Å². The van der Waals surface area contributed by atoms with Gasteiger partial charge in [-0.15, -0.1) is 10.2 Å². The summed E-state index contributed by atoms with van der Waals surface area (Å²) in [5, 5.41) is 15.6. The van der Waals surface area contributed by atoms with E-state index in [9.17, 15) is 13.2 Å². The molecule has 1 aliphatic carbocycles. The first-order chi connectivity index (χ1) is 13.4. The lowest BCUT2D eigenvalue weighted by Gasteiger charge is -2.12. The van der Waals surface area contributed by atoms with Crippen molar-refractivity contribution in [2.24, 2.45) is 0 Å². The lowest BCUT2D eigenvalue weighted by atomic mass is 10.1. The normalized spacial score (nSPS) is 19.1. The number of aryl methyl sites for hydroxylation is 2. The standard InChI is InChI=1S/C17H17F3N8/c1-9-12(7-28(26-9)13-4-5-27-8-22-25-15(13)27)23-16-21-6-11(17(18,19)20)14(24-16)10-2-3-10/h6-8,10,13H,2-5H2,1H3,(H,21,23,24)/t13-/m1/s1. The summed E-state index contributed by atoms with van der Waals surface area (Å²) >= 11 is 0. The van der Waals surface area contributed by atoms with Crippen molar-refractivity contribution in [1.29, 1.82) is 0 Å². The van der Waals surface area contributed by atoms with Gasteiger partial charge >= 0.3 is 6.18 Å². The van der Waals surface area contributed by atoms with Crippen molar-refractivity contribution in [2.75, 3.05) is 5.32 Å². The molecule has 8 nitrogen and oxygen atoms in total. The third-order valence-electron chi connectivity index (χ3n) is 5.16. The van der Waals surface area contributed by atoms with Crippen molar-refractivity contribution >= 4 is 11.6 Å². The molecule has 4 heterocycles. The van der Waals surface area contributed by atoms with Gasteiger partial charge in [0.25, 0.3) is 0 Å². The molecule has 11 heteroatoms. The predicted molar refractivity (Wildman–Crippen MR) is 92.0 cm³/mol. The largest absolute Gasteiger partial charge is 0.419 e. The number of hydrogen-bond donors (Lipinski definition) is 1. The summed E-state index contributed by atoms with van der Waals surface area (Å²) in [6.07, 6.45) is 2.21. The lowest BCUT2D eigenvalue weighted by Crippen LogP contribution is -2.12. The topological polar surface area (TPSA) is 86.3 Å². The molecule has 1 N–H and O–H groups in total. The average molecular weight is 390 g/mol. The van der Waals surface area contributed by atoms with Crippen molar-refractivity contribution in [3.8, 4) is 0 Å². The Labute approximate surface area is 157 Å². The molecule has 3 aromatic heterocycles. The third-order valence-corrected chi connectivity index (χ3v) is 5.16. The van der Waals surface area contributed by atoms with E-state index in [2.05, 4.69) is 30.6 Å². The summed E-state index contributed by atoms with van der Waals surface area (Å²) in [5.74, 6) is 0.844. The number of fused-ring (bicyclic) bond motifs is 1. The Morgan fingerprint density at radius 2 is 2.04 bits per heavy atom. The Kier molecular flexibility index (Phi) is 3.68. The second kappa shape index (κ2) is 6.01. The number of aromatic nitrogens is 7. The summed E-state index contributed by atoms with van der Waals surface area (Å²) in [6.45, 7) is 2.64. The van der Waals surface area contributed by atoms with E-state index in [4.69, 9.17) is 0 Å². The number of anilines is 2. The quantitative estimate of drug-likeness (QED) is 0.736. The van der Waals surface area contributed by atoms with Crippen LogP contribution in [0, 0.1) is 6.92 Å². The van der Waals surface area contributed by atoms with E-state index in [1.807, 2.05) is 17.7 Å². The number of halogens is 3. The number of hydrogen-bond acceptors (Lipinski definition) is 6. The summed E-state index contributed by atoms with van der Waals surface area (Å²) in [6, 6.07) is -0.0210. The monoisotopic (exact) mass is 390 g/mol. The van der Waals surface area contributed by atoms with Crippen molar-refractivity contribution in [2.45, 2.75) is 50.9 Å². The SMILES string of the molecule is Cc1nn([C@@H]2CCn3cnnc32)cc1Nc1ncc(C(F)(F)F)c(C2CC2)n1. The second-order valence-electron chi connectivity index (χ2n) is 7.18. The van der Waals surface area contributed by atoms with Crippen LogP contribution < -0.4 is 5.32 Å². The number of rotatable bonds is 4. The van der Waals surface area contributed by atoms with Crippen LogP contribution in [0.5, 0.6) is 0 Å². The van der Waals surface area contributed by atoms with Crippen LogP contribution in [0.15, 0.2) is 18.7 Å². The van der Waals surface area contributed by atoms with Crippen molar-refractivity contribution in [1.82, 2.24) is 34.5 Å². The van der Waals surface area contributed by atoms with Gasteiger partial charge < -0.3 is 9.88 Å². The summed E-state index contributed by atoms with van der Waals surface area (Å²) in [5.41, 5.74) is 0.672. The highest BCUT2D eigenvalue weighted by atomic mass is 19.4. The fourth-order valence-electron chi connectivity index (χ4n) is 3.56. The number of nitrogens with one attached hydrogen (secondary N) is 1. The molecule has 0 unspecified atom stereocenters. The maximum Gasteiger partial charge on any atom is 0.419 e. The smallest absolute Gasteiger partial charge is 0.321 e. The van der Waals surface area contributed by atoms with Gasteiger partial charge in [-0.05, 0) is 26.2 Å². The van der Waals surface area contributed by atoms with Gasteiger partial charge in [0.05, 0.1) is 22.6 Å². The minimum atomic E-state index is -4.45. The van der Waals surface area contributed by atoms with Crippen LogP contribution in [-0.4, -0.2) is 34.5 Å². The molecule has 1 saturated carbocycles. The van der Waals surface area contributed by atoms with E-state index in [-0.39, 0.29) is 23.6 Å². The van der Waals surface area contributed by atoms with E-state index in [1.54, 1.807) is 11.0 Å². The van der Waals surface area contributed by atoms with E-state index < -0.39 is 11.7 Å². The molecule has 0 amide bonds. The highest BCUT2D eigenvalue weighted by Gasteiger charge is 2.40. The zero-order valence-electron chi connectivity index (χ0n) is 15.0. The van der Waals surface area contributed by atoms with Gasteiger partial charge in [-0.3, -0.25) is 4.68 Å². The minimum absolute atomic E-state index is 0.0210. The molecule has 28 heavy (non-hydrogen) atoms. The van der Waals surface area contributed by atoms with Crippen LogP contribution in [0.25, 0.3) is 0 Å². The molecule has 0 bridgehead atoms. The molecule has 1 fully saturated rings. The Morgan fingerprint density at radius 3 is 2.79 bits per heavy atom. The van der Waals surface area contributed by atoms with Crippen LogP contribution in [0.2, 0.25) is 0 Å². The molecule has 0 spiro atoms. The zero-order chi connectivity index (χ0) is 19.5. The summed E-state index contributed by atoms with van der Waals surface area (Å²) in [4.78, 5) is 8.05. The van der Waals surface area contributed by atoms with Gasteiger partial charge in [0.1, 0.15) is 12.4 Å². The molecule has 0 radical (unpaired) electrons. The molecule has 1 atom stereocenters. The molecule has 0 saturated heterocycles. The van der Waals surface area contributed by atoms with Crippen LogP contribution in [-0.2, 0) is 12.7 Å². The predicted octanol–water partition coefficient (Wildman–Crippen LogP) is 3.21. The van der Waals surface area contributed by atoms with Gasteiger partial charge in [0.2, 0.25) is 5.95 Å². The van der Waals surface area contributed by atoms with Crippen LogP contribution in [0.1, 0.15) is 54.0 Å². The van der Waals surface area contributed by atoms with Crippen LogP contribution in [0.3, 0.4) is 0 Å². The van der Waals surface area contributed by atoms with Crippen molar-refractivity contribution < 1.29 is 13.2 Å². The number of nitrogens with zero attached hydrogens (tertiary/aromatic N) is 7. The molecular weight excluding hydrogens is 373 g/mol. The lowest BCUT2D eigenvalue weighted by molar-refractivity contribution is -0.138. The number of alkyl halides is 3. The Hall–Kier alpha value is -2.98. The molecule has 2 aliphatic rings. The fourth-order valence-corrected chi connectivity index (χ4v) is 3.56. The first-order valence-corrected chi connectivity index (χ1v) is 9.05. The fraction of sp³-hybridized carbons (Fsp3) is 0.471. The second-order valence-corrected chi connectivity index (χ2v) is 7.18. The average Bonchev–Trinajstić information content (AvgIpc) is 3.08. The molecule has 3 aromatic rings. The zero-order valence-corrected chi connectivity index (χ0v) is 15.0. The molecule has 5 rings (SSSR count). The molecular formula is C17H17F3N8. The van der Waals surface area contributed by atoms with Gasteiger partial charge in [0.15, 0.2) is 5.82 Å². The van der Waals surface area contributed by atoms with Crippen LogP contribution in [0.4, 0.5) is 24.8 Å². The van der Waals surface area contributed by atoms with Crippen molar-refractivity contribution in [3.63, 3.8) is 0 Å². The van der Waals surface area contributed by atoms with Crippen LogP contribution >= 0.6 is 0 Å². The highest BCUT2D eigenvalue weighted by molar-refractivity contribution is 5.55. The Balaban J connectivity index is 1.43. The van der Waals surface area contributed by atoms with Gasteiger partial charge in [-0.25, -0.2) is 9.97 Å². The minimum Gasteiger partial charge on any atom is -0.321 e. The van der Waals surface area contributed by atoms with Crippen molar-refractivity contribution in [3.05, 3.63) is 41.5 Å². The third kappa shape index (κ3) is 2.90. The Bertz CT molecular complexity index is 1030. The van der Waals surface area contributed by atoms with Gasteiger partial charge in [-0.2, -0.15) is 18.3 Å². The first kappa shape index (κ1) is 17.1. The van der Waals surface area contributed by atoms with E-state index in [0.29, 0.717) is 11.4 Å². The maximum absolute atomic E-state index is 13.2. The summed E-state index contributed by atoms with van der Waals surface area (Å²) < 4.78 is 43.4. The molecule has 0 aromatic carbocycles. The first-order valence-electron chi connectivity index (χ1n) is 9.05. The Morgan fingerprint density at radius 1 is 1.21 bits per heavy atom. The van der Waals surface area contributed by atoms with E-state index in [1.165, 1.54) is 0 Å². The molecule has 146 valence electrons. The summed E-state index contributed by atoms with van der Waals surface area (Å²) in [7, 11) is 0. The maximum atomic E-state index is 13.2. The highest BCUT2D eigenvalue weighted by Crippen LogP contribution is 2.45. The van der Waals surface area contributed by atoms with Gasteiger partial charge in [0, 0.05) is 24.9 Å². The molecule has 1 aliphatic heterocycles. The van der Waals surface area contributed by atoms with E-state index in [0.717, 1.165) is 37.8 Å². The van der Waals surface area contributed by atoms with Gasteiger partial charge in [-0.1, -0.05) is 0 Å².